The molecule has 8 nitrogen and oxygen atoms in total. The molecular weight excluding hydrogens is 451 g/mol. The van der Waals surface area contributed by atoms with Gasteiger partial charge in [-0.1, -0.05) is 6.07 Å². The average Bonchev–Trinajstić information content (AvgIpc) is 3.74. The fourth-order valence-electron chi connectivity index (χ4n) is 4.54. The predicted octanol–water partition coefficient (Wildman–Crippen LogP) is 2.61. The molecule has 2 heterocycles. The number of nitrogens with one attached hydrogen (secondary N) is 1. The summed E-state index contributed by atoms with van der Waals surface area (Å²) in [5.74, 6) is -0.672. The largest absolute Gasteiger partial charge is 0.378 e. The minimum absolute atomic E-state index is 0.00741. The van der Waals surface area contributed by atoms with Gasteiger partial charge in [0.2, 0.25) is 5.91 Å². The smallest absolute Gasteiger partial charge is 0.256 e. The second-order valence-corrected chi connectivity index (χ2v) is 9.19. The number of anilines is 2. The van der Waals surface area contributed by atoms with Gasteiger partial charge in [-0.05, 0) is 49.2 Å². The number of amides is 3. The van der Waals surface area contributed by atoms with E-state index in [0.29, 0.717) is 69.3 Å². The lowest BCUT2D eigenvalue weighted by molar-refractivity contribution is -0.117. The minimum atomic E-state index is -0.436. The first-order valence-electron chi connectivity index (χ1n) is 12.1. The van der Waals surface area contributed by atoms with Crippen LogP contribution in [0.3, 0.4) is 0 Å². The third-order valence-electron chi connectivity index (χ3n) is 6.72. The van der Waals surface area contributed by atoms with E-state index in [1.807, 2.05) is 12.1 Å². The van der Waals surface area contributed by atoms with Crippen molar-refractivity contribution in [2.45, 2.75) is 12.8 Å². The van der Waals surface area contributed by atoms with Crippen molar-refractivity contribution in [1.82, 2.24) is 9.80 Å². The first kappa shape index (κ1) is 23.3. The van der Waals surface area contributed by atoms with Crippen LogP contribution in [0.1, 0.15) is 33.6 Å². The van der Waals surface area contributed by atoms with Crippen LogP contribution in [0.4, 0.5) is 15.8 Å². The van der Waals surface area contributed by atoms with Gasteiger partial charge < -0.3 is 24.8 Å². The van der Waals surface area contributed by atoms with Gasteiger partial charge >= 0.3 is 0 Å². The van der Waals surface area contributed by atoms with E-state index in [4.69, 9.17) is 4.74 Å². The summed E-state index contributed by atoms with van der Waals surface area (Å²) >= 11 is 0. The van der Waals surface area contributed by atoms with E-state index in [1.165, 1.54) is 18.2 Å². The number of rotatable bonds is 5. The molecule has 3 fully saturated rings. The number of halogens is 1. The third-order valence-corrected chi connectivity index (χ3v) is 6.72. The number of benzene rings is 2. The molecule has 9 heteroatoms. The Hall–Kier alpha value is -3.46. The van der Waals surface area contributed by atoms with Crippen molar-refractivity contribution in [3.05, 3.63) is 59.4 Å². The lowest BCUT2D eigenvalue weighted by Crippen LogP contribution is -2.49. The Morgan fingerprint density at radius 1 is 0.857 bits per heavy atom. The first-order valence-corrected chi connectivity index (χ1v) is 12.1. The van der Waals surface area contributed by atoms with Crippen molar-refractivity contribution in [3.8, 4) is 0 Å². The molecule has 0 radical (unpaired) electrons. The van der Waals surface area contributed by atoms with Gasteiger partial charge in [-0.3, -0.25) is 14.4 Å². The van der Waals surface area contributed by atoms with E-state index >= 15 is 0 Å². The standard InChI is InChI=1S/C26H29FN4O4/c27-20-3-1-2-19(16-20)25(33)30-10-8-29(9-11-30)23-7-6-21(28-24(32)18-4-5-18)17-22(23)26(34)31-12-14-35-15-13-31/h1-3,6-7,16-18H,4-5,8-15H2,(H,28,32). The Balaban J connectivity index is 1.33. The van der Waals surface area contributed by atoms with Crippen LogP contribution in [0.25, 0.3) is 0 Å². The molecule has 1 saturated carbocycles. The molecule has 1 N–H and O–H groups in total. The van der Waals surface area contributed by atoms with Crippen LogP contribution in [0, 0.1) is 11.7 Å². The summed E-state index contributed by atoms with van der Waals surface area (Å²) in [6.45, 7) is 4.04. The monoisotopic (exact) mass is 480 g/mol. The van der Waals surface area contributed by atoms with E-state index in [-0.39, 0.29) is 23.6 Å². The molecule has 184 valence electrons. The average molecular weight is 481 g/mol. The number of piperazine rings is 1. The first-order chi connectivity index (χ1) is 17.0. The highest BCUT2D eigenvalue weighted by atomic mass is 19.1. The molecular formula is C26H29FN4O4. The molecule has 0 aromatic heterocycles. The quantitative estimate of drug-likeness (QED) is 0.712. The molecule has 2 saturated heterocycles. The number of hydrogen-bond acceptors (Lipinski definition) is 5. The van der Waals surface area contributed by atoms with Crippen LogP contribution in [0.15, 0.2) is 42.5 Å². The van der Waals surface area contributed by atoms with Crippen molar-refractivity contribution < 1.29 is 23.5 Å². The molecule has 1 aliphatic carbocycles. The van der Waals surface area contributed by atoms with Crippen molar-refractivity contribution in [3.63, 3.8) is 0 Å². The van der Waals surface area contributed by atoms with Gasteiger partial charge in [-0.2, -0.15) is 0 Å². The van der Waals surface area contributed by atoms with Crippen molar-refractivity contribution in [2.75, 3.05) is 62.7 Å². The van der Waals surface area contributed by atoms with E-state index < -0.39 is 5.82 Å². The fourth-order valence-corrected chi connectivity index (χ4v) is 4.54. The van der Waals surface area contributed by atoms with Crippen LogP contribution < -0.4 is 10.2 Å². The van der Waals surface area contributed by atoms with Gasteiger partial charge in [0.15, 0.2) is 0 Å². The number of nitrogens with zero attached hydrogens (tertiary/aromatic N) is 3. The summed E-state index contributed by atoms with van der Waals surface area (Å²) in [5, 5.41) is 2.94. The second kappa shape index (κ2) is 10.0. The Kier molecular flexibility index (Phi) is 6.68. The van der Waals surface area contributed by atoms with Crippen LogP contribution in [-0.2, 0) is 9.53 Å². The molecule has 0 atom stereocenters. The number of ether oxygens (including phenoxy) is 1. The highest BCUT2D eigenvalue weighted by molar-refractivity contribution is 6.02. The summed E-state index contributed by atoms with van der Waals surface area (Å²) in [6, 6.07) is 11.2. The zero-order valence-electron chi connectivity index (χ0n) is 19.5. The fraction of sp³-hybridized carbons (Fsp3) is 0.423. The van der Waals surface area contributed by atoms with Gasteiger partial charge in [-0.25, -0.2) is 4.39 Å². The zero-order chi connectivity index (χ0) is 24.4. The number of morpholine rings is 1. The molecule has 2 aromatic carbocycles. The molecule has 3 aliphatic rings. The highest BCUT2D eigenvalue weighted by Crippen LogP contribution is 2.32. The second-order valence-electron chi connectivity index (χ2n) is 9.19. The number of carbonyl (C=O) groups excluding carboxylic acids is 3. The Bertz CT molecular complexity index is 1120. The van der Waals surface area contributed by atoms with Crippen LogP contribution in [0.5, 0.6) is 0 Å². The summed E-state index contributed by atoms with van der Waals surface area (Å²) in [5.41, 5.74) is 2.26. The molecule has 35 heavy (non-hydrogen) atoms. The van der Waals surface area contributed by atoms with Crippen molar-refractivity contribution in [1.29, 1.82) is 0 Å². The normalized spacial score (nSPS) is 18.4. The highest BCUT2D eigenvalue weighted by Gasteiger charge is 2.31. The van der Waals surface area contributed by atoms with Crippen molar-refractivity contribution in [2.24, 2.45) is 5.92 Å². The third kappa shape index (κ3) is 5.30. The summed E-state index contributed by atoms with van der Waals surface area (Å²) in [7, 11) is 0. The van der Waals surface area contributed by atoms with Gasteiger partial charge in [0.1, 0.15) is 5.82 Å². The van der Waals surface area contributed by atoms with E-state index in [1.54, 1.807) is 21.9 Å². The topological polar surface area (TPSA) is 82.2 Å². The molecule has 2 aliphatic heterocycles. The summed E-state index contributed by atoms with van der Waals surface area (Å²) < 4.78 is 19.0. The lowest BCUT2D eigenvalue weighted by atomic mass is 10.1. The predicted molar refractivity (Wildman–Crippen MR) is 129 cm³/mol. The Labute approximate surface area is 203 Å². The van der Waals surface area contributed by atoms with Gasteiger partial charge in [0.05, 0.1) is 18.8 Å². The maximum absolute atomic E-state index is 13.6. The lowest BCUT2D eigenvalue weighted by Gasteiger charge is -2.37. The van der Waals surface area contributed by atoms with Crippen LogP contribution in [0.2, 0.25) is 0 Å². The Morgan fingerprint density at radius 2 is 1.57 bits per heavy atom. The number of carbonyl (C=O) groups is 3. The van der Waals surface area contributed by atoms with Crippen LogP contribution >= 0.6 is 0 Å². The van der Waals surface area contributed by atoms with Crippen molar-refractivity contribution >= 4 is 29.1 Å². The van der Waals surface area contributed by atoms with Crippen LogP contribution in [-0.4, -0.2) is 80.0 Å². The van der Waals surface area contributed by atoms with E-state index in [9.17, 15) is 18.8 Å². The maximum atomic E-state index is 13.6. The van der Waals surface area contributed by atoms with Gasteiger partial charge in [0, 0.05) is 62.1 Å². The SMILES string of the molecule is O=C(Nc1ccc(N2CCN(C(=O)c3cccc(F)c3)CC2)c(C(=O)N2CCOCC2)c1)C1CC1. The molecule has 3 amide bonds. The zero-order valence-corrected chi connectivity index (χ0v) is 19.5. The minimum Gasteiger partial charge on any atom is -0.378 e. The summed E-state index contributed by atoms with van der Waals surface area (Å²) in [4.78, 5) is 44.1. The van der Waals surface area contributed by atoms with Gasteiger partial charge in [-0.15, -0.1) is 0 Å². The molecule has 0 bridgehead atoms. The molecule has 2 aromatic rings. The van der Waals surface area contributed by atoms with Gasteiger partial charge in [0.25, 0.3) is 11.8 Å². The van der Waals surface area contributed by atoms with E-state index in [0.717, 1.165) is 18.5 Å². The number of hydrogen-bond donors (Lipinski definition) is 1. The molecule has 0 spiro atoms. The maximum Gasteiger partial charge on any atom is 0.256 e. The Morgan fingerprint density at radius 3 is 2.26 bits per heavy atom. The molecule has 5 rings (SSSR count). The molecule has 0 unspecified atom stereocenters. The van der Waals surface area contributed by atoms with E-state index in [2.05, 4.69) is 10.2 Å². The summed E-state index contributed by atoms with van der Waals surface area (Å²) in [6.07, 6.45) is 1.81.